The van der Waals surface area contributed by atoms with Gasteiger partial charge in [0.2, 0.25) is 5.82 Å². The molecule has 2 aromatic rings. The van der Waals surface area contributed by atoms with Gasteiger partial charge in [0.25, 0.3) is 0 Å². The molecule has 0 aliphatic rings. The van der Waals surface area contributed by atoms with Crippen LogP contribution >= 0.6 is 0 Å². The zero-order valence-corrected chi connectivity index (χ0v) is 9.89. The molecule has 1 N–H and O–H groups in total. The number of hydrogen-bond donors (Lipinski definition) is 1. The molecule has 1 unspecified atom stereocenters. The number of carboxylic acid groups (broad SMARTS) is 1. The van der Waals surface area contributed by atoms with Crippen LogP contribution in [0.15, 0.2) is 24.4 Å². The van der Waals surface area contributed by atoms with Crippen LogP contribution in [0.1, 0.15) is 13.3 Å². The fraction of sp³-hybridized carbons (Fsp3) is 0.364. The van der Waals surface area contributed by atoms with Gasteiger partial charge in [-0.15, -0.1) is 5.10 Å². The topological polar surface area (TPSA) is 93.8 Å². The van der Waals surface area contributed by atoms with E-state index in [1.807, 2.05) is 18.2 Å². The lowest BCUT2D eigenvalue weighted by atomic mass is 10.1. The predicted octanol–water partition coefficient (Wildman–Crippen LogP) is 0.846. The minimum Gasteiger partial charge on any atom is -0.481 e. The van der Waals surface area contributed by atoms with E-state index in [-0.39, 0.29) is 0 Å². The van der Waals surface area contributed by atoms with Crippen molar-refractivity contribution in [2.75, 3.05) is 0 Å². The van der Waals surface area contributed by atoms with Gasteiger partial charge in [0.15, 0.2) is 0 Å². The molecule has 0 fully saturated rings. The van der Waals surface area contributed by atoms with Gasteiger partial charge in [-0.3, -0.25) is 9.78 Å². The Balaban J connectivity index is 2.12. The molecule has 2 rings (SSSR count). The Labute approximate surface area is 103 Å². The Hall–Kier alpha value is -2.31. The summed E-state index contributed by atoms with van der Waals surface area (Å²) in [6.07, 6.45) is 2.13. The molecule has 2 aromatic heterocycles. The summed E-state index contributed by atoms with van der Waals surface area (Å²) in [5.74, 6) is -0.693. The lowest BCUT2D eigenvalue weighted by molar-refractivity contribution is -0.141. The van der Waals surface area contributed by atoms with Crippen LogP contribution in [0.3, 0.4) is 0 Å². The molecule has 94 valence electrons. The van der Waals surface area contributed by atoms with Crippen LogP contribution in [-0.4, -0.2) is 36.3 Å². The predicted molar refractivity (Wildman–Crippen MR) is 62.5 cm³/mol. The first-order valence-electron chi connectivity index (χ1n) is 5.59. The first-order valence-corrected chi connectivity index (χ1v) is 5.59. The van der Waals surface area contributed by atoms with E-state index in [0.717, 1.165) is 0 Å². The van der Waals surface area contributed by atoms with Gasteiger partial charge in [-0.2, -0.15) is 0 Å². The Morgan fingerprint density at radius 3 is 3.00 bits per heavy atom. The standard InChI is InChI=1S/C11H13N5O2/c1-8(11(17)18)5-7-16-10(13-14-15-16)9-4-2-3-6-12-9/h2-4,6,8H,5,7H2,1H3,(H,17,18). The summed E-state index contributed by atoms with van der Waals surface area (Å²) in [5.41, 5.74) is 0.672. The highest BCUT2D eigenvalue weighted by Crippen LogP contribution is 2.13. The number of aliphatic carboxylic acids is 1. The highest BCUT2D eigenvalue weighted by atomic mass is 16.4. The first-order chi connectivity index (χ1) is 8.68. The average Bonchev–Trinajstić information content (AvgIpc) is 2.85. The molecule has 0 aliphatic carbocycles. The number of aryl methyl sites for hydroxylation is 1. The number of tetrazole rings is 1. The zero-order chi connectivity index (χ0) is 13.0. The number of carbonyl (C=O) groups is 1. The van der Waals surface area contributed by atoms with Crippen molar-refractivity contribution in [3.63, 3.8) is 0 Å². The number of nitrogens with zero attached hydrogens (tertiary/aromatic N) is 5. The van der Waals surface area contributed by atoms with E-state index in [4.69, 9.17) is 5.11 Å². The van der Waals surface area contributed by atoms with Gasteiger partial charge in [0.05, 0.1) is 5.92 Å². The molecule has 0 amide bonds. The third-order valence-electron chi connectivity index (χ3n) is 2.62. The Morgan fingerprint density at radius 1 is 1.50 bits per heavy atom. The van der Waals surface area contributed by atoms with Crippen molar-refractivity contribution in [2.45, 2.75) is 19.9 Å². The molecule has 2 heterocycles. The van der Waals surface area contributed by atoms with Crippen molar-refractivity contribution >= 4 is 5.97 Å². The normalized spacial score (nSPS) is 12.3. The van der Waals surface area contributed by atoms with Crippen LogP contribution in [0.25, 0.3) is 11.5 Å². The zero-order valence-electron chi connectivity index (χ0n) is 9.89. The number of carboxylic acids is 1. The Kier molecular flexibility index (Phi) is 3.61. The van der Waals surface area contributed by atoms with Gasteiger partial charge >= 0.3 is 5.97 Å². The van der Waals surface area contributed by atoms with Gasteiger partial charge < -0.3 is 5.11 Å². The maximum Gasteiger partial charge on any atom is 0.306 e. The lowest BCUT2D eigenvalue weighted by Gasteiger charge is -2.06. The number of aromatic nitrogens is 5. The molecule has 7 heteroatoms. The van der Waals surface area contributed by atoms with E-state index < -0.39 is 11.9 Å². The maximum absolute atomic E-state index is 10.7. The van der Waals surface area contributed by atoms with Crippen molar-refractivity contribution in [1.29, 1.82) is 0 Å². The van der Waals surface area contributed by atoms with Crippen molar-refractivity contribution in [3.05, 3.63) is 24.4 Å². The van der Waals surface area contributed by atoms with E-state index in [1.165, 1.54) is 0 Å². The van der Waals surface area contributed by atoms with Crippen LogP contribution in [0, 0.1) is 5.92 Å². The molecule has 0 radical (unpaired) electrons. The van der Waals surface area contributed by atoms with E-state index in [9.17, 15) is 4.79 Å². The second-order valence-electron chi connectivity index (χ2n) is 3.97. The van der Waals surface area contributed by atoms with Crippen LogP contribution in [0.4, 0.5) is 0 Å². The van der Waals surface area contributed by atoms with Crippen LogP contribution in [-0.2, 0) is 11.3 Å². The van der Waals surface area contributed by atoms with E-state index >= 15 is 0 Å². The third-order valence-corrected chi connectivity index (χ3v) is 2.62. The lowest BCUT2D eigenvalue weighted by Crippen LogP contribution is -2.14. The Bertz CT molecular complexity index is 525. The van der Waals surface area contributed by atoms with Gasteiger partial charge in [-0.25, -0.2) is 4.68 Å². The van der Waals surface area contributed by atoms with Gasteiger partial charge in [0.1, 0.15) is 5.69 Å². The largest absolute Gasteiger partial charge is 0.481 e. The van der Waals surface area contributed by atoms with Crippen LogP contribution < -0.4 is 0 Å². The minimum atomic E-state index is -0.817. The SMILES string of the molecule is CC(CCn1nnnc1-c1ccccn1)C(=O)O. The molecule has 0 spiro atoms. The fourth-order valence-electron chi connectivity index (χ4n) is 1.47. The molecule has 0 bridgehead atoms. The summed E-state index contributed by atoms with van der Waals surface area (Å²) in [7, 11) is 0. The average molecular weight is 247 g/mol. The summed E-state index contributed by atoms with van der Waals surface area (Å²) >= 11 is 0. The molecule has 0 saturated heterocycles. The Morgan fingerprint density at radius 2 is 2.33 bits per heavy atom. The van der Waals surface area contributed by atoms with E-state index in [0.29, 0.717) is 24.5 Å². The molecule has 0 aliphatic heterocycles. The minimum absolute atomic E-state index is 0.425. The maximum atomic E-state index is 10.7. The van der Waals surface area contributed by atoms with Crippen molar-refractivity contribution in [1.82, 2.24) is 25.2 Å². The summed E-state index contributed by atoms with van der Waals surface area (Å²) in [6, 6.07) is 5.47. The third kappa shape index (κ3) is 2.68. The van der Waals surface area contributed by atoms with Gasteiger partial charge in [0, 0.05) is 12.7 Å². The quantitative estimate of drug-likeness (QED) is 0.841. The van der Waals surface area contributed by atoms with Crippen LogP contribution in [0.5, 0.6) is 0 Å². The summed E-state index contributed by atoms with van der Waals surface area (Å²) < 4.78 is 1.57. The fourth-order valence-corrected chi connectivity index (χ4v) is 1.47. The van der Waals surface area contributed by atoms with Gasteiger partial charge in [-0.05, 0) is 29.0 Å². The van der Waals surface area contributed by atoms with Crippen molar-refractivity contribution < 1.29 is 9.90 Å². The number of rotatable bonds is 5. The second kappa shape index (κ2) is 5.35. The molecular formula is C11H13N5O2. The second-order valence-corrected chi connectivity index (χ2v) is 3.97. The molecule has 0 saturated carbocycles. The molecule has 18 heavy (non-hydrogen) atoms. The molecular weight excluding hydrogens is 234 g/mol. The smallest absolute Gasteiger partial charge is 0.306 e. The first kappa shape index (κ1) is 12.2. The molecule has 1 atom stereocenters. The molecule has 7 nitrogen and oxygen atoms in total. The summed E-state index contributed by atoms with van der Waals surface area (Å²) in [4.78, 5) is 14.9. The monoisotopic (exact) mass is 247 g/mol. The highest BCUT2D eigenvalue weighted by molar-refractivity contribution is 5.69. The number of pyridine rings is 1. The summed E-state index contributed by atoms with van der Waals surface area (Å²) in [6.45, 7) is 2.11. The molecule has 0 aromatic carbocycles. The highest BCUT2D eigenvalue weighted by Gasteiger charge is 2.14. The van der Waals surface area contributed by atoms with Crippen molar-refractivity contribution in [3.8, 4) is 11.5 Å². The summed E-state index contributed by atoms with van der Waals surface area (Å²) in [5, 5.41) is 20.2. The number of hydrogen-bond acceptors (Lipinski definition) is 5. The van der Waals surface area contributed by atoms with Crippen LogP contribution in [0.2, 0.25) is 0 Å². The van der Waals surface area contributed by atoms with Gasteiger partial charge in [-0.1, -0.05) is 13.0 Å². The van der Waals surface area contributed by atoms with E-state index in [1.54, 1.807) is 17.8 Å². The van der Waals surface area contributed by atoms with E-state index in [2.05, 4.69) is 20.5 Å². The van der Waals surface area contributed by atoms with Crippen molar-refractivity contribution in [2.24, 2.45) is 5.92 Å².